The zero-order chi connectivity index (χ0) is 13.3. The molecule has 0 aliphatic rings. The van der Waals surface area contributed by atoms with Crippen LogP contribution in [0.5, 0.6) is 0 Å². The molecule has 0 aliphatic heterocycles. The summed E-state index contributed by atoms with van der Waals surface area (Å²) >= 11 is 0. The lowest BCUT2D eigenvalue weighted by molar-refractivity contribution is 0.197. The standard InChI is InChI=1S/C16H35N/c1-7-10-16(14(5)12-17-6)13(4)11-15(8-2)9-3/h13-17H,7-12H2,1-6H3. The average Bonchev–Trinajstić information content (AvgIpc) is 2.32. The predicted molar refractivity (Wildman–Crippen MR) is 79.3 cm³/mol. The minimum absolute atomic E-state index is 0.810. The highest BCUT2D eigenvalue weighted by Gasteiger charge is 2.24. The number of nitrogens with one attached hydrogen (secondary N) is 1. The highest BCUT2D eigenvalue weighted by atomic mass is 14.8. The monoisotopic (exact) mass is 241 g/mol. The van der Waals surface area contributed by atoms with E-state index >= 15 is 0 Å². The molecule has 0 saturated heterocycles. The maximum absolute atomic E-state index is 3.34. The molecule has 17 heavy (non-hydrogen) atoms. The van der Waals surface area contributed by atoms with Gasteiger partial charge < -0.3 is 5.32 Å². The van der Waals surface area contributed by atoms with Gasteiger partial charge in [-0.25, -0.2) is 0 Å². The fraction of sp³-hybridized carbons (Fsp3) is 1.00. The third-order valence-corrected chi connectivity index (χ3v) is 4.47. The molecule has 0 fully saturated rings. The normalized spacial score (nSPS) is 17.1. The average molecular weight is 241 g/mol. The molecule has 0 aromatic heterocycles. The van der Waals surface area contributed by atoms with Crippen molar-refractivity contribution in [3.05, 3.63) is 0 Å². The van der Waals surface area contributed by atoms with Crippen molar-refractivity contribution in [1.82, 2.24) is 5.32 Å². The maximum Gasteiger partial charge on any atom is -0.00234 e. The van der Waals surface area contributed by atoms with Crippen molar-refractivity contribution in [3.8, 4) is 0 Å². The Kier molecular flexibility index (Phi) is 9.91. The van der Waals surface area contributed by atoms with E-state index in [2.05, 4.69) is 47.0 Å². The van der Waals surface area contributed by atoms with Crippen molar-refractivity contribution < 1.29 is 0 Å². The van der Waals surface area contributed by atoms with Crippen molar-refractivity contribution in [3.63, 3.8) is 0 Å². The van der Waals surface area contributed by atoms with Gasteiger partial charge in [-0.15, -0.1) is 0 Å². The molecule has 0 aromatic carbocycles. The Morgan fingerprint density at radius 2 is 1.53 bits per heavy atom. The van der Waals surface area contributed by atoms with Crippen LogP contribution < -0.4 is 5.32 Å². The molecule has 1 N–H and O–H groups in total. The third kappa shape index (κ3) is 6.45. The summed E-state index contributed by atoms with van der Waals surface area (Å²) in [5.41, 5.74) is 0. The summed E-state index contributed by atoms with van der Waals surface area (Å²) in [5, 5.41) is 3.34. The molecule has 3 atom stereocenters. The van der Waals surface area contributed by atoms with E-state index in [0.717, 1.165) is 30.2 Å². The number of rotatable bonds is 10. The Hall–Kier alpha value is -0.0400. The van der Waals surface area contributed by atoms with E-state index in [9.17, 15) is 0 Å². The van der Waals surface area contributed by atoms with Crippen molar-refractivity contribution in [2.24, 2.45) is 23.7 Å². The zero-order valence-corrected chi connectivity index (χ0v) is 13.1. The molecule has 0 aliphatic carbocycles. The topological polar surface area (TPSA) is 12.0 Å². The van der Waals surface area contributed by atoms with Crippen LogP contribution in [0.4, 0.5) is 0 Å². The second kappa shape index (κ2) is 9.94. The summed E-state index contributed by atoms with van der Waals surface area (Å²) in [7, 11) is 2.07. The van der Waals surface area contributed by atoms with Gasteiger partial charge in [0.2, 0.25) is 0 Å². The van der Waals surface area contributed by atoms with Crippen LogP contribution in [0.3, 0.4) is 0 Å². The molecule has 1 nitrogen and oxygen atoms in total. The lowest BCUT2D eigenvalue weighted by Crippen LogP contribution is -2.28. The van der Waals surface area contributed by atoms with Crippen LogP contribution in [0.15, 0.2) is 0 Å². The first-order valence-corrected chi connectivity index (χ1v) is 7.75. The molecule has 0 radical (unpaired) electrons. The highest BCUT2D eigenvalue weighted by molar-refractivity contribution is 4.75. The lowest BCUT2D eigenvalue weighted by atomic mass is 9.75. The van der Waals surface area contributed by atoms with E-state index in [4.69, 9.17) is 0 Å². The minimum atomic E-state index is 0.810. The van der Waals surface area contributed by atoms with E-state index in [1.165, 1.54) is 32.1 Å². The Labute approximate surface area is 110 Å². The van der Waals surface area contributed by atoms with Gasteiger partial charge in [0.1, 0.15) is 0 Å². The second-order valence-electron chi connectivity index (χ2n) is 5.88. The second-order valence-corrected chi connectivity index (χ2v) is 5.88. The molecule has 0 spiro atoms. The molecule has 0 aromatic rings. The van der Waals surface area contributed by atoms with Crippen molar-refractivity contribution in [2.45, 2.75) is 66.7 Å². The first-order chi connectivity index (χ1) is 8.10. The number of hydrogen-bond donors (Lipinski definition) is 1. The van der Waals surface area contributed by atoms with E-state index in [0.29, 0.717) is 0 Å². The van der Waals surface area contributed by atoms with E-state index in [1.807, 2.05) is 0 Å². The molecule has 0 rings (SSSR count). The highest BCUT2D eigenvalue weighted by Crippen LogP contribution is 2.32. The van der Waals surface area contributed by atoms with Crippen LogP contribution in [0.1, 0.15) is 66.7 Å². The van der Waals surface area contributed by atoms with E-state index < -0.39 is 0 Å². The van der Waals surface area contributed by atoms with Gasteiger partial charge in [0.05, 0.1) is 0 Å². The van der Waals surface area contributed by atoms with Crippen LogP contribution in [0, 0.1) is 23.7 Å². The summed E-state index contributed by atoms with van der Waals surface area (Å²) in [6.45, 7) is 13.1. The van der Waals surface area contributed by atoms with Gasteiger partial charge >= 0.3 is 0 Å². The summed E-state index contributed by atoms with van der Waals surface area (Å²) in [6, 6.07) is 0. The van der Waals surface area contributed by atoms with Crippen LogP contribution >= 0.6 is 0 Å². The smallest absolute Gasteiger partial charge is 0.00234 e. The van der Waals surface area contributed by atoms with E-state index in [-0.39, 0.29) is 0 Å². The van der Waals surface area contributed by atoms with Gasteiger partial charge in [-0.05, 0) is 43.7 Å². The molecule has 0 heterocycles. The molecule has 0 amide bonds. The van der Waals surface area contributed by atoms with E-state index in [1.54, 1.807) is 0 Å². The first-order valence-electron chi connectivity index (χ1n) is 7.75. The van der Waals surface area contributed by atoms with Crippen LogP contribution in [-0.4, -0.2) is 13.6 Å². The zero-order valence-electron chi connectivity index (χ0n) is 13.1. The Morgan fingerprint density at radius 1 is 0.941 bits per heavy atom. The third-order valence-electron chi connectivity index (χ3n) is 4.47. The molecule has 1 heteroatoms. The first kappa shape index (κ1) is 17.0. The predicted octanol–water partition coefficient (Wildman–Crippen LogP) is 4.72. The Bertz CT molecular complexity index is 163. The van der Waals surface area contributed by atoms with Gasteiger partial charge in [0, 0.05) is 0 Å². The van der Waals surface area contributed by atoms with Crippen LogP contribution in [0.2, 0.25) is 0 Å². The van der Waals surface area contributed by atoms with Crippen LogP contribution in [-0.2, 0) is 0 Å². The van der Waals surface area contributed by atoms with Crippen molar-refractivity contribution in [1.29, 1.82) is 0 Å². The van der Waals surface area contributed by atoms with Crippen LogP contribution in [0.25, 0.3) is 0 Å². The van der Waals surface area contributed by atoms with Gasteiger partial charge in [0.25, 0.3) is 0 Å². The molecular formula is C16H35N. The maximum atomic E-state index is 3.34. The van der Waals surface area contributed by atoms with Gasteiger partial charge in [0.15, 0.2) is 0 Å². The van der Waals surface area contributed by atoms with Gasteiger partial charge in [-0.3, -0.25) is 0 Å². The fourth-order valence-corrected chi connectivity index (χ4v) is 3.26. The van der Waals surface area contributed by atoms with Gasteiger partial charge in [-0.2, -0.15) is 0 Å². The van der Waals surface area contributed by atoms with Gasteiger partial charge in [-0.1, -0.05) is 60.3 Å². The number of hydrogen-bond acceptors (Lipinski definition) is 1. The molecule has 0 saturated carbocycles. The fourth-order valence-electron chi connectivity index (χ4n) is 3.26. The molecule has 0 bridgehead atoms. The summed E-state index contributed by atoms with van der Waals surface area (Å²) < 4.78 is 0. The molecular weight excluding hydrogens is 206 g/mol. The Balaban J connectivity index is 4.35. The Morgan fingerprint density at radius 3 is 1.94 bits per heavy atom. The summed E-state index contributed by atoms with van der Waals surface area (Å²) in [4.78, 5) is 0. The largest absolute Gasteiger partial charge is 0.319 e. The molecule has 104 valence electrons. The van der Waals surface area contributed by atoms with Crippen molar-refractivity contribution >= 4 is 0 Å². The molecule has 3 unspecified atom stereocenters. The lowest BCUT2D eigenvalue weighted by Gasteiger charge is -2.31. The quantitative estimate of drug-likeness (QED) is 0.583. The summed E-state index contributed by atoms with van der Waals surface area (Å²) in [6.07, 6.45) is 6.84. The van der Waals surface area contributed by atoms with Crippen molar-refractivity contribution in [2.75, 3.05) is 13.6 Å². The SMILES string of the molecule is CCCC(C(C)CNC)C(C)CC(CC)CC. The minimum Gasteiger partial charge on any atom is -0.319 e. The summed E-state index contributed by atoms with van der Waals surface area (Å²) in [5.74, 6) is 3.52.